The molecule has 1 aliphatic carbocycles. The minimum atomic E-state index is -1.13. The number of nitrogens with two attached hydrogens (primary N) is 2. The van der Waals surface area contributed by atoms with Crippen molar-refractivity contribution in [1.82, 2.24) is 9.69 Å². The van der Waals surface area contributed by atoms with E-state index in [2.05, 4.69) is 9.69 Å². The minimum absolute atomic E-state index is 0.0102. The predicted molar refractivity (Wildman–Crippen MR) is 125 cm³/mol. The van der Waals surface area contributed by atoms with Crippen LogP contribution < -0.4 is 21.7 Å². The highest BCUT2D eigenvalue weighted by molar-refractivity contribution is 7.09. The average Bonchev–Trinajstić information content (AvgIpc) is 3.54. The summed E-state index contributed by atoms with van der Waals surface area (Å²) in [4.78, 5) is 40.2. The molecule has 0 spiro atoms. The first kappa shape index (κ1) is 22.8. The summed E-state index contributed by atoms with van der Waals surface area (Å²) in [5.74, 6) is -1.59. The van der Waals surface area contributed by atoms with Gasteiger partial charge in [0.25, 0.3) is 17.7 Å². The standard InChI is InChI=1S/C22H22ClN5O4S/c23-12-7-9-14(10-8-12)28(22(31)19-16(24)17(20(25)29)27-33-19)18(15-6-3-11-32-15)21(30)26-13-4-1-2-5-13/h3,6-11,13,18H,1-2,4-5,24H2,(H2,25,29)(H,26,30)/t18-/m0/s1. The molecule has 3 aromatic rings. The second kappa shape index (κ2) is 9.63. The Bertz CT molecular complexity index is 1160. The SMILES string of the molecule is NC(=O)c1nsc(C(=O)N(c2ccc(Cl)cc2)[C@H](C(=O)NC2CCCC2)c2ccco2)c1N. The van der Waals surface area contributed by atoms with Crippen molar-refractivity contribution in [3.8, 4) is 0 Å². The molecule has 0 radical (unpaired) electrons. The van der Waals surface area contributed by atoms with Crippen LogP contribution in [0.4, 0.5) is 11.4 Å². The molecule has 172 valence electrons. The Morgan fingerprint density at radius 2 is 1.88 bits per heavy atom. The maximum atomic E-state index is 13.8. The minimum Gasteiger partial charge on any atom is -0.467 e. The van der Waals surface area contributed by atoms with Crippen molar-refractivity contribution >= 4 is 52.2 Å². The molecule has 0 bridgehead atoms. The molecule has 33 heavy (non-hydrogen) atoms. The molecule has 1 atom stereocenters. The van der Waals surface area contributed by atoms with Gasteiger partial charge in [-0.2, -0.15) is 4.37 Å². The number of aromatic nitrogens is 1. The summed E-state index contributed by atoms with van der Waals surface area (Å²) in [5, 5.41) is 3.50. The van der Waals surface area contributed by atoms with Crippen molar-refractivity contribution in [3.63, 3.8) is 0 Å². The molecule has 0 saturated heterocycles. The van der Waals surface area contributed by atoms with Crippen LogP contribution in [0, 0.1) is 0 Å². The van der Waals surface area contributed by atoms with Crippen LogP contribution in [0.3, 0.4) is 0 Å². The zero-order valence-corrected chi connectivity index (χ0v) is 19.1. The molecule has 11 heteroatoms. The summed E-state index contributed by atoms with van der Waals surface area (Å²) < 4.78 is 9.49. The van der Waals surface area contributed by atoms with E-state index in [0.717, 1.165) is 37.2 Å². The number of halogens is 1. The Morgan fingerprint density at radius 1 is 1.18 bits per heavy atom. The highest BCUT2D eigenvalue weighted by Gasteiger charge is 2.38. The molecule has 1 aromatic carbocycles. The molecule has 9 nitrogen and oxygen atoms in total. The van der Waals surface area contributed by atoms with Crippen molar-refractivity contribution in [2.24, 2.45) is 5.73 Å². The number of hydrogen-bond donors (Lipinski definition) is 3. The van der Waals surface area contributed by atoms with Gasteiger partial charge in [-0.05, 0) is 60.8 Å². The quantitative estimate of drug-likeness (QED) is 0.465. The van der Waals surface area contributed by atoms with Gasteiger partial charge < -0.3 is 21.2 Å². The summed E-state index contributed by atoms with van der Waals surface area (Å²) in [6.07, 6.45) is 5.24. The van der Waals surface area contributed by atoms with Crippen molar-refractivity contribution < 1.29 is 18.8 Å². The largest absolute Gasteiger partial charge is 0.467 e. The van der Waals surface area contributed by atoms with Crippen LogP contribution in [0.2, 0.25) is 5.02 Å². The van der Waals surface area contributed by atoms with Gasteiger partial charge in [0.1, 0.15) is 10.6 Å². The number of hydrogen-bond acceptors (Lipinski definition) is 7. The molecule has 1 fully saturated rings. The number of carbonyl (C=O) groups is 3. The Hall–Kier alpha value is -3.37. The second-order valence-electron chi connectivity index (χ2n) is 7.70. The Labute approximate surface area is 198 Å². The summed E-state index contributed by atoms with van der Waals surface area (Å²) in [5.41, 5.74) is 11.4. The molecule has 0 unspecified atom stereocenters. The number of nitrogens with zero attached hydrogens (tertiary/aromatic N) is 2. The van der Waals surface area contributed by atoms with Gasteiger partial charge in [0, 0.05) is 16.8 Å². The molecule has 2 aromatic heterocycles. The molecule has 1 saturated carbocycles. The smallest absolute Gasteiger partial charge is 0.273 e. The van der Waals surface area contributed by atoms with Crippen LogP contribution in [0.1, 0.15) is 57.6 Å². The third kappa shape index (κ3) is 4.71. The maximum absolute atomic E-state index is 13.8. The van der Waals surface area contributed by atoms with E-state index in [1.165, 1.54) is 11.2 Å². The first-order valence-electron chi connectivity index (χ1n) is 10.3. The van der Waals surface area contributed by atoms with E-state index in [1.54, 1.807) is 36.4 Å². The second-order valence-corrected chi connectivity index (χ2v) is 8.91. The van der Waals surface area contributed by atoms with Crippen LogP contribution in [-0.2, 0) is 4.79 Å². The van der Waals surface area contributed by atoms with Gasteiger partial charge in [0.2, 0.25) is 0 Å². The van der Waals surface area contributed by atoms with Gasteiger partial charge in [0.05, 0.1) is 12.0 Å². The van der Waals surface area contributed by atoms with Crippen LogP contribution in [-0.4, -0.2) is 28.1 Å². The number of nitrogens with one attached hydrogen (secondary N) is 1. The molecular formula is C22H22ClN5O4S. The number of rotatable bonds is 7. The monoisotopic (exact) mass is 487 g/mol. The van der Waals surface area contributed by atoms with E-state index in [9.17, 15) is 14.4 Å². The van der Waals surface area contributed by atoms with Crippen molar-refractivity contribution in [3.05, 3.63) is 64.0 Å². The first-order chi connectivity index (χ1) is 15.9. The lowest BCUT2D eigenvalue weighted by Crippen LogP contribution is -2.46. The Balaban J connectivity index is 1.80. The number of carbonyl (C=O) groups excluding carboxylic acids is 3. The summed E-state index contributed by atoms with van der Waals surface area (Å²) in [6, 6.07) is 8.60. The maximum Gasteiger partial charge on any atom is 0.273 e. The average molecular weight is 488 g/mol. The normalized spacial score (nSPS) is 14.7. The van der Waals surface area contributed by atoms with E-state index in [4.69, 9.17) is 27.5 Å². The van der Waals surface area contributed by atoms with Gasteiger partial charge in [-0.1, -0.05) is 24.4 Å². The van der Waals surface area contributed by atoms with E-state index in [1.807, 2.05) is 0 Å². The molecule has 4 rings (SSSR count). The number of benzene rings is 1. The van der Waals surface area contributed by atoms with Crippen LogP contribution in [0.25, 0.3) is 0 Å². The predicted octanol–water partition coefficient (Wildman–Crippen LogP) is 3.52. The molecule has 3 amide bonds. The van der Waals surface area contributed by atoms with Gasteiger partial charge >= 0.3 is 0 Å². The Kier molecular flexibility index (Phi) is 6.66. The third-order valence-electron chi connectivity index (χ3n) is 5.50. The van der Waals surface area contributed by atoms with Gasteiger partial charge in [-0.25, -0.2) is 0 Å². The third-order valence-corrected chi connectivity index (χ3v) is 6.60. The zero-order valence-electron chi connectivity index (χ0n) is 17.5. The fraction of sp³-hybridized carbons (Fsp3) is 0.273. The van der Waals surface area contributed by atoms with Crippen LogP contribution in [0.15, 0.2) is 47.1 Å². The number of nitrogen functional groups attached to an aromatic ring is 1. The lowest BCUT2D eigenvalue weighted by atomic mass is 10.1. The summed E-state index contributed by atoms with van der Waals surface area (Å²) in [6.45, 7) is 0. The number of anilines is 2. The molecule has 0 aliphatic heterocycles. The van der Waals surface area contributed by atoms with Crippen molar-refractivity contribution in [2.45, 2.75) is 37.8 Å². The molecule has 1 aliphatic rings. The van der Waals surface area contributed by atoms with Crippen molar-refractivity contribution in [1.29, 1.82) is 0 Å². The van der Waals surface area contributed by atoms with Crippen LogP contribution >= 0.6 is 23.1 Å². The van der Waals surface area contributed by atoms with E-state index >= 15 is 0 Å². The highest BCUT2D eigenvalue weighted by Crippen LogP contribution is 2.34. The van der Waals surface area contributed by atoms with Gasteiger partial charge in [-0.15, -0.1) is 0 Å². The molecular weight excluding hydrogens is 466 g/mol. The van der Waals surface area contributed by atoms with Crippen molar-refractivity contribution in [2.75, 3.05) is 10.6 Å². The number of primary amides is 1. The summed E-state index contributed by atoms with van der Waals surface area (Å²) >= 11 is 6.79. The fourth-order valence-electron chi connectivity index (χ4n) is 3.89. The highest BCUT2D eigenvalue weighted by atomic mass is 35.5. The summed E-state index contributed by atoms with van der Waals surface area (Å²) in [7, 11) is 0. The zero-order chi connectivity index (χ0) is 23.5. The first-order valence-corrected chi connectivity index (χ1v) is 11.5. The van der Waals surface area contributed by atoms with E-state index < -0.39 is 23.8 Å². The topological polar surface area (TPSA) is 145 Å². The van der Waals surface area contributed by atoms with E-state index in [0.29, 0.717) is 10.7 Å². The number of furan rings is 1. The molecule has 2 heterocycles. The van der Waals surface area contributed by atoms with Gasteiger partial charge in [-0.3, -0.25) is 19.3 Å². The van der Waals surface area contributed by atoms with Gasteiger partial charge in [0.15, 0.2) is 11.7 Å². The Morgan fingerprint density at radius 3 is 2.45 bits per heavy atom. The van der Waals surface area contributed by atoms with Crippen LogP contribution in [0.5, 0.6) is 0 Å². The molecule has 5 N–H and O–H groups in total. The number of amides is 3. The fourth-order valence-corrected chi connectivity index (χ4v) is 4.76. The lowest BCUT2D eigenvalue weighted by molar-refractivity contribution is -0.123. The van der Waals surface area contributed by atoms with E-state index in [-0.39, 0.29) is 28.1 Å². The lowest BCUT2D eigenvalue weighted by Gasteiger charge is -2.30.